The summed E-state index contributed by atoms with van der Waals surface area (Å²) in [6, 6.07) is 0. The molecule has 0 aromatic carbocycles. The SMILES string of the molecule is C#CC(C)(C)NC(=O)C1(N)CC1. The molecule has 1 amide bonds. The second kappa shape index (κ2) is 2.49. The summed E-state index contributed by atoms with van der Waals surface area (Å²) in [6.45, 7) is 3.55. The van der Waals surface area contributed by atoms with Gasteiger partial charge in [0.05, 0.1) is 11.1 Å². The van der Waals surface area contributed by atoms with E-state index < -0.39 is 11.1 Å². The van der Waals surface area contributed by atoms with E-state index in [-0.39, 0.29) is 5.91 Å². The molecule has 0 aromatic heterocycles. The molecule has 66 valence electrons. The van der Waals surface area contributed by atoms with Crippen LogP contribution in [0.3, 0.4) is 0 Å². The lowest BCUT2D eigenvalue weighted by molar-refractivity contribution is -0.124. The monoisotopic (exact) mass is 166 g/mol. The minimum absolute atomic E-state index is 0.134. The summed E-state index contributed by atoms with van der Waals surface area (Å²) < 4.78 is 0. The van der Waals surface area contributed by atoms with Gasteiger partial charge in [-0.05, 0) is 26.7 Å². The topological polar surface area (TPSA) is 55.1 Å². The van der Waals surface area contributed by atoms with Crippen molar-refractivity contribution in [1.29, 1.82) is 0 Å². The lowest BCUT2D eigenvalue weighted by atomic mass is 10.1. The Bertz CT molecular complexity index is 246. The molecule has 0 spiro atoms. The molecule has 1 rings (SSSR count). The van der Waals surface area contributed by atoms with Crippen LogP contribution in [0, 0.1) is 12.3 Å². The van der Waals surface area contributed by atoms with E-state index in [1.165, 1.54) is 0 Å². The van der Waals surface area contributed by atoms with Crippen LogP contribution in [0.15, 0.2) is 0 Å². The fourth-order valence-electron chi connectivity index (χ4n) is 0.806. The number of hydrogen-bond acceptors (Lipinski definition) is 2. The molecule has 12 heavy (non-hydrogen) atoms. The summed E-state index contributed by atoms with van der Waals surface area (Å²) in [4.78, 5) is 11.4. The number of nitrogens with one attached hydrogen (secondary N) is 1. The van der Waals surface area contributed by atoms with Gasteiger partial charge in [0.15, 0.2) is 0 Å². The normalized spacial score (nSPS) is 19.5. The van der Waals surface area contributed by atoms with Crippen molar-refractivity contribution in [3.05, 3.63) is 0 Å². The number of carbonyl (C=O) groups excluding carboxylic acids is 1. The fraction of sp³-hybridized carbons (Fsp3) is 0.667. The van der Waals surface area contributed by atoms with E-state index in [4.69, 9.17) is 12.2 Å². The van der Waals surface area contributed by atoms with Crippen LogP contribution in [0.5, 0.6) is 0 Å². The molecule has 3 nitrogen and oxygen atoms in total. The maximum Gasteiger partial charge on any atom is 0.241 e. The third-order valence-electron chi connectivity index (χ3n) is 2.03. The molecule has 3 heteroatoms. The van der Waals surface area contributed by atoms with Crippen LogP contribution < -0.4 is 11.1 Å². The summed E-state index contributed by atoms with van der Waals surface area (Å²) >= 11 is 0. The predicted molar refractivity (Wildman–Crippen MR) is 47.2 cm³/mol. The van der Waals surface area contributed by atoms with Gasteiger partial charge < -0.3 is 11.1 Å². The summed E-state index contributed by atoms with van der Waals surface area (Å²) in [7, 11) is 0. The van der Waals surface area contributed by atoms with Crippen LogP contribution >= 0.6 is 0 Å². The van der Waals surface area contributed by atoms with Gasteiger partial charge in [-0.2, -0.15) is 0 Å². The first-order valence-electron chi connectivity index (χ1n) is 3.99. The van der Waals surface area contributed by atoms with Crippen molar-refractivity contribution in [2.45, 2.75) is 37.8 Å². The number of amides is 1. The van der Waals surface area contributed by atoms with E-state index in [1.54, 1.807) is 13.8 Å². The van der Waals surface area contributed by atoms with Gasteiger partial charge in [0, 0.05) is 0 Å². The van der Waals surface area contributed by atoms with Gasteiger partial charge in [0.25, 0.3) is 0 Å². The van der Waals surface area contributed by atoms with E-state index in [2.05, 4.69) is 11.2 Å². The fourth-order valence-corrected chi connectivity index (χ4v) is 0.806. The molecule has 0 unspecified atom stereocenters. The highest BCUT2D eigenvalue weighted by atomic mass is 16.2. The molecule has 0 radical (unpaired) electrons. The summed E-state index contributed by atoms with van der Waals surface area (Å²) in [5.41, 5.74) is 4.45. The van der Waals surface area contributed by atoms with Crippen molar-refractivity contribution in [2.24, 2.45) is 5.73 Å². The largest absolute Gasteiger partial charge is 0.339 e. The molecule has 1 aliphatic rings. The van der Waals surface area contributed by atoms with E-state index >= 15 is 0 Å². The van der Waals surface area contributed by atoms with Crippen LogP contribution in [-0.2, 0) is 4.79 Å². The predicted octanol–water partition coefficient (Wildman–Crippen LogP) is 0.00570. The molecule has 3 N–H and O–H groups in total. The Balaban J connectivity index is 2.53. The Morgan fingerprint density at radius 1 is 1.67 bits per heavy atom. The minimum Gasteiger partial charge on any atom is -0.339 e. The van der Waals surface area contributed by atoms with Gasteiger partial charge >= 0.3 is 0 Å². The van der Waals surface area contributed by atoms with Crippen molar-refractivity contribution in [3.8, 4) is 12.3 Å². The molecular weight excluding hydrogens is 152 g/mol. The van der Waals surface area contributed by atoms with E-state index in [1.807, 2.05) is 0 Å². The number of terminal acetylenes is 1. The van der Waals surface area contributed by atoms with Gasteiger partial charge in [0.1, 0.15) is 0 Å². The first-order chi connectivity index (χ1) is 5.40. The Kier molecular flexibility index (Phi) is 1.89. The second-order valence-corrected chi connectivity index (χ2v) is 3.88. The lowest BCUT2D eigenvalue weighted by Crippen LogP contribution is -2.51. The smallest absolute Gasteiger partial charge is 0.241 e. The molecule has 0 heterocycles. The first-order valence-corrected chi connectivity index (χ1v) is 3.99. The minimum atomic E-state index is -0.631. The van der Waals surface area contributed by atoms with Crippen molar-refractivity contribution < 1.29 is 4.79 Å². The molecule has 0 bridgehead atoms. The van der Waals surface area contributed by atoms with Crippen molar-refractivity contribution in [1.82, 2.24) is 5.32 Å². The first kappa shape index (κ1) is 9.08. The third kappa shape index (κ3) is 1.77. The highest BCUT2D eigenvalue weighted by Gasteiger charge is 2.47. The standard InChI is InChI=1S/C9H14N2O/c1-4-8(2,3)11-7(12)9(10)5-6-9/h1H,5-6,10H2,2-3H3,(H,11,12). The van der Waals surface area contributed by atoms with Gasteiger partial charge in [0.2, 0.25) is 5.91 Å². The summed E-state index contributed by atoms with van der Waals surface area (Å²) in [5.74, 6) is 2.35. The molecular formula is C9H14N2O. The number of carbonyl (C=O) groups is 1. The summed E-state index contributed by atoms with van der Waals surface area (Å²) in [5, 5.41) is 2.71. The Hall–Kier alpha value is -1.01. The Morgan fingerprint density at radius 3 is 2.50 bits per heavy atom. The van der Waals surface area contributed by atoms with Gasteiger partial charge in [-0.25, -0.2) is 0 Å². The van der Waals surface area contributed by atoms with E-state index in [9.17, 15) is 4.79 Å². The number of hydrogen-bond donors (Lipinski definition) is 2. The van der Waals surface area contributed by atoms with Crippen LogP contribution in [-0.4, -0.2) is 17.0 Å². The third-order valence-corrected chi connectivity index (χ3v) is 2.03. The van der Waals surface area contributed by atoms with Gasteiger partial charge in [-0.15, -0.1) is 6.42 Å². The lowest BCUT2D eigenvalue weighted by Gasteiger charge is -2.21. The molecule has 1 fully saturated rings. The highest BCUT2D eigenvalue weighted by Crippen LogP contribution is 2.32. The van der Waals surface area contributed by atoms with Gasteiger partial charge in [-0.1, -0.05) is 5.92 Å². The molecule has 0 aromatic rings. The molecule has 0 saturated heterocycles. The van der Waals surface area contributed by atoms with Crippen LogP contribution in [0.4, 0.5) is 0 Å². The van der Waals surface area contributed by atoms with Crippen LogP contribution in [0.2, 0.25) is 0 Å². The average molecular weight is 166 g/mol. The summed E-state index contributed by atoms with van der Waals surface area (Å²) in [6.07, 6.45) is 6.74. The van der Waals surface area contributed by atoms with Crippen molar-refractivity contribution >= 4 is 5.91 Å². The Morgan fingerprint density at radius 2 is 2.17 bits per heavy atom. The molecule has 0 aliphatic heterocycles. The number of nitrogens with two attached hydrogens (primary N) is 1. The van der Waals surface area contributed by atoms with E-state index in [0.717, 1.165) is 12.8 Å². The second-order valence-electron chi connectivity index (χ2n) is 3.88. The average Bonchev–Trinajstić information content (AvgIpc) is 2.69. The zero-order chi connectivity index (χ0) is 9.41. The van der Waals surface area contributed by atoms with E-state index in [0.29, 0.717) is 0 Å². The maximum absolute atomic E-state index is 11.4. The van der Waals surface area contributed by atoms with Crippen LogP contribution in [0.1, 0.15) is 26.7 Å². The maximum atomic E-state index is 11.4. The van der Waals surface area contributed by atoms with Crippen molar-refractivity contribution in [2.75, 3.05) is 0 Å². The van der Waals surface area contributed by atoms with Crippen LogP contribution in [0.25, 0.3) is 0 Å². The molecule has 0 atom stereocenters. The van der Waals surface area contributed by atoms with Gasteiger partial charge in [-0.3, -0.25) is 4.79 Å². The quantitative estimate of drug-likeness (QED) is 0.568. The highest BCUT2D eigenvalue weighted by molar-refractivity contribution is 5.89. The number of rotatable bonds is 2. The molecule has 1 saturated carbocycles. The Labute approximate surface area is 72.7 Å². The zero-order valence-corrected chi connectivity index (χ0v) is 7.48. The van der Waals surface area contributed by atoms with Crippen molar-refractivity contribution in [3.63, 3.8) is 0 Å². The molecule has 1 aliphatic carbocycles. The zero-order valence-electron chi connectivity index (χ0n) is 7.48.